The van der Waals surface area contributed by atoms with Crippen molar-refractivity contribution in [1.29, 1.82) is 0 Å². The number of hydrogen-bond donors (Lipinski definition) is 2. The summed E-state index contributed by atoms with van der Waals surface area (Å²) >= 11 is 2.01. The van der Waals surface area contributed by atoms with Crippen molar-refractivity contribution in [2.45, 2.75) is 58.0 Å². The second-order valence-electron chi connectivity index (χ2n) is 6.59. The summed E-state index contributed by atoms with van der Waals surface area (Å²) in [6, 6.07) is 0. The molecule has 1 fully saturated rings. The average Bonchev–Trinajstić information content (AvgIpc) is 2.54. The Kier molecular flexibility index (Phi) is 5.98. The topological polar surface area (TPSA) is 69.6 Å². The Morgan fingerprint density at radius 1 is 1.35 bits per heavy atom. The molecule has 0 aliphatic carbocycles. The number of carbonyl (C=O) groups excluding carboxylic acids is 2. The van der Waals surface area contributed by atoms with Gasteiger partial charge in [-0.25, -0.2) is 0 Å². The zero-order valence-corrected chi connectivity index (χ0v) is 14.9. The van der Waals surface area contributed by atoms with E-state index in [1.807, 2.05) is 50.3 Å². The fourth-order valence-electron chi connectivity index (χ4n) is 2.98. The summed E-state index contributed by atoms with van der Waals surface area (Å²) in [5, 5.41) is 14.3. The summed E-state index contributed by atoms with van der Waals surface area (Å²) in [4.78, 5) is 23.5. The molecule has 1 rings (SSSR count). The molecule has 1 heterocycles. The highest BCUT2D eigenvalue weighted by molar-refractivity contribution is 14.1. The lowest BCUT2D eigenvalue weighted by Crippen LogP contribution is -2.48. The number of hydroxylamine groups is 2. The number of amides is 1. The molecule has 20 heavy (non-hydrogen) atoms. The third-order valence-corrected chi connectivity index (χ3v) is 4.80. The molecule has 0 radical (unpaired) electrons. The number of alkyl halides is 1. The summed E-state index contributed by atoms with van der Waals surface area (Å²) < 4.78 is 0.440. The molecule has 1 saturated heterocycles. The van der Waals surface area contributed by atoms with Crippen molar-refractivity contribution < 1.29 is 14.8 Å². The summed E-state index contributed by atoms with van der Waals surface area (Å²) in [5.74, 6) is 0.00744. The summed E-state index contributed by atoms with van der Waals surface area (Å²) in [7, 11) is 0. The van der Waals surface area contributed by atoms with Crippen molar-refractivity contribution in [3.63, 3.8) is 0 Å². The van der Waals surface area contributed by atoms with E-state index in [0.717, 1.165) is 0 Å². The zero-order chi connectivity index (χ0) is 15.6. The number of nitrogens with one attached hydrogen (secondary N) is 1. The number of Topliss-reactive ketones (excluding diaryl/α,β-unsaturated/α-hetero) is 1. The number of nitrogens with zero attached hydrogens (tertiary/aromatic N) is 1. The molecular weight excluding hydrogens is 371 g/mol. The minimum Gasteiger partial charge on any atom is -0.355 e. The first-order valence-corrected chi connectivity index (χ1v) is 8.50. The monoisotopic (exact) mass is 396 g/mol. The number of hydrogen-bond acceptors (Lipinski definition) is 4. The summed E-state index contributed by atoms with van der Waals surface area (Å²) in [6.45, 7) is 8.24. The Morgan fingerprint density at radius 3 is 2.40 bits per heavy atom. The normalized spacial score (nSPS) is 24.6. The zero-order valence-electron chi connectivity index (χ0n) is 12.7. The molecule has 1 aliphatic rings. The second kappa shape index (κ2) is 6.70. The number of halogens is 1. The Hall–Kier alpha value is -0.210. The van der Waals surface area contributed by atoms with Crippen LogP contribution in [0, 0.1) is 5.92 Å². The SMILES string of the molecule is CC1(C)C[C@@H](C(=O)CCCNC(=O)CI)C(C)(C)N1O. The van der Waals surface area contributed by atoms with Crippen molar-refractivity contribution in [3.8, 4) is 0 Å². The smallest absolute Gasteiger partial charge is 0.229 e. The van der Waals surface area contributed by atoms with E-state index in [2.05, 4.69) is 5.32 Å². The Morgan fingerprint density at radius 2 is 1.95 bits per heavy atom. The van der Waals surface area contributed by atoms with Gasteiger partial charge >= 0.3 is 0 Å². The van der Waals surface area contributed by atoms with Crippen molar-refractivity contribution >= 4 is 34.3 Å². The van der Waals surface area contributed by atoms with Gasteiger partial charge in [0.05, 0.1) is 9.97 Å². The number of carbonyl (C=O) groups is 2. The standard InChI is InChI=1S/C14H25IN2O3/c1-13(2)8-10(14(3,4)17(13)20)11(18)6-5-7-16-12(19)9-15/h10,20H,5-9H2,1-4H3,(H,16,19)/t10-/m0/s1. The van der Waals surface area contributed by atoms with Crippen LogP contribution in [0.3, 0.4) is 0 Å². The Balaban J connectivity index is 2.50. The fraction of sp³-hybridized carbons (Fsp3) is 0.857. The van der Waals surface area contributed by atoms with Crippen LogP contribution in [0.1, 0.15) is 47.0 Å². The van der Waals surface area contributed by atoms with Gasteiger partial charge in [-0.2, -0.15) is 5.06 Å². The van der Waals surface area contributed by atoms with Crippen molar-refractivity contribution in [2.75, 3.05) is 11.0 Å². The van der Waals surface area contributed by atoms with E-state index in [1.165, 1.54) is 5.06 Å². The fourth-order valence-corrected chi connectivity index (χ4v) is 3.25. The first-order chi connectivity index (χ1) is 9.13. The molecule has 5 nitrogen and oxygen atoms in total. The van der Waals surface area contributed by atoms with E-state index < -0.39 is 5.54 Å². The molecule has 0 bridgehead atoms. The van der Waals surface area contributed by atoms with Gasteiger partial charge < -0.3 is 10.5 Å². The Labute approximate surface area is 134 Å². The quantitative estimate of drug-likeness (QED) is 0.410. The molecule has 1 aliphatic heterocycles. The molecule has 0 spiro atoms. The van der Waals surface area contributed by atoms with Gasteiger partial charge in [0.15, 0.2) is 0 Å². The van der Waals surface area contributed by atoms with E-state index in [-0.39, 0.29) is 23.1 Å². The van der Waals surface area contributed by atoms with Crippen LogP contribution in [0.5, 0.6) is 0 Å². The van der Waals surface area contributed by atoms with Gasteiger partial charge in [-0.15, -0.1) is 0 Å². The van der Waals surface area contributed by atoms with Crippen molar-refractivity contribution in [3.05, 3.63) is 0 Å². The molecule has 0 aromatic carbocycles. The average molecular weight is 396 g/mol. The lowest BCUT2D eigenvalue weighted by atomic mass is 9.82. The lowest BCUT2D eigenvalue weighted by Gasteiger charge is -2.35. The minimum absolute atomic E-state index is 0.00177. The molecule has 1 atom stereocenters. The van der Waals surface area contributed by atoms with Crippen LogP contribution in [0.25, 0.3) is 0 Å². The summed E-state index contributed by atoms with van der Waals surface area (Å²) in [6.07, 6.45) is 1.76. The number of rotatable bonds is 6. The van der Waals surface area contributed by atoms with Gasteiger partial charge in [-0.05, 0) is 40.5 Å². The maximum absolute atomic E-state index is 12.4. The highest BCUT2D eigenvalue weighted by Gasteiger charge is 2.53. The van der Waals surface area contributed by atoms with Gasteiger partial charge in [-0.1, -0.05) is 22.6 Å². The molecule has 0 aromatic heterocycles. The van der Waals surface area contributed by atoms with Gasteiger partial charge in [-0.3, -0.25) is 9.59 Å². The molecule has 6 heteroatoms. The molecule has 0 saturated carbocycles. The molecule has 0 unspecified atom stereocenters. The van der Waals surface area contributed by atoms with E-state index >= 15 is 0 Å². The van der Waals surface area contributed by atoms with E-state index in [0.29, 0.717) is 30.2 Å². The number of ketones is 1. The predicted octanol–water partition coefficient (Wildman–Crippen LogP) is 2.16. The van der Waals surface area contributed by atoms with Crippen LogP contribution in [0.15, 0.2) is 0 Å². The van der Waals surface area contributed by atoms with Crippen molar-refractivity contribution in [1.82, 2.24) is 10.4 Å². The van der Waals surface area contributed by atoms with Crippen molar-refractivity contribution in [2.24, 2.45) is 5.92 Å². The molecule has 0 aromatic rings. The van der Waals surface area contributed by atoms with Crippen LogP contribution in [0.4, 0.5) is 0 Å². The van der Waals surface area contributed by atoms with E-state index in [4.69, 9.17) is 0 Å². The molecule has 2 N–H and O–H groups in total. The van der Waals surface area contributed by atoms with E-state index in [9.17, 15) is 14.8 Å². The second-order valence-corrected chi connectivity index (χ2v) is 7.35. The molecule has 1 amide bonds. The first kappa shape index (κ1) is 17.8. The summed E-state index contributed by atoms with van der Waals surface area (Å²) in [5.41, 5.74) is -0.911. The minimum atomic E-state index is -0.536. The van der Waals surface area contributed by atoms with Gasteiger partial charge in [0.25, 0.3) is 0 Å². The van der Waals surface area contributed by atoms with Crippen LogP contribution in [-0.2, 0) is 9.59 Å². The van der Waals surface area contributed by atoms with Gasteiger partial charge in [0.1, 0.15) is 5.78 Å². The van der Waals surface area contributed by atoms with Crippen LogP contribution in [0.2, 0.25) is 0 Å². The third-order valence-electron chi connectivity index (χ3n) is 4.11. The van der Waals surface area contributed by atoms with Crippen LogP contribution >= 0.6 is 22.6 Å². The molecule has 116 valence electrons. The maximum atomic E-state index is 12.4. The largest absolute Gasteiger partial charge is 0.355 e. The lowest BCUT2D eigenvalue weighted by molar-refractivity contribution is -0.197. The first-order valence-electron chi connectivity index (χ1n) is 6.97. The highest BCUT2D eigenvalue weighted by Crippen LogP contribution is 2.44. The highest BCUT2D eigenvalue weighted by atomic mass is 127. The maximum Gasteiger partial charge on any atom is 0.229 e. The third kappa shape index (κ3) is 3.92. The predicted molar refractivity (Wildman–Crippen MR) is 86.0 cm³/mol. The van der Waals surface area contributed by atoms with E-state index in [1.54, 1.807) is 0 Å². The Bertz CT molecular complexity index is 383. The van der Waals surface area contributed by atoms with Crippen LogP contribution < -0.4 is 5.32 Å². The van der Waals surface area contributed by atoms with Crippen LogP contribution in [-0.4, -0.2) is 44.0 Å². The molecular formula is C14H25IN2O3. The van der Waals surface area contributed by atoms with Gasteiger partial charge in [0, 0.05) is 24.4 Å². The van der Waals surface area contributed by atoms with Gasteiger partial charge in [0.2, 0.25) is 5.91 Å².